The highest BCUT2D eigenvalue weighted by Crippen LogP contribution is 2.46. The van der Waals surface area contributed by atoms with Gasteiger partial charge in [-0.15, -0.1) is 0 Å². The second-order valence-corrected chi connectivity index (χ2v) is 37.2. The van der Waals surface area contributed by atoms with Crippen molar-refractivity contribution in [1.29, 1.82) is 0 Å². The number of aromatic nitrogens is 20. The van der Waals surface area contributed by atoms with Crippen LogP contribution >= 0.6 is 0 Å². The molecule has 656 valence electrons. The zero-order valence-electron chi connectivity index (χ0n) is 75.6. The molecule has 18 aromatic carbocycles. The Morgan fingerprint density at radius 2 is 0.364 bits per heavy atom. The van der Waals surface area contributed by atoms with E-state index < -0.39 is 0 Å². The third-order valence-electron chi connectivity index (χ3n) is 29.0. The highest BCUT2D eigenvalue weighted by atomic mass is 15.3. The number of hydrogen-bond acceptors (Lipinski definition) is 8. The van der Waals surface area contributed by atoms with Gasteiger partial charge in [0.15, 0.2) is 0 Å². The fourth-order valence-electron chi connectivity index (χ4n) is 22.6. The number of benzene rings is 18. The first-order valence-electron chi connectivity index (χ1n) is 47.4. The van der Waals surface area contributed by atoms with Gasteiger partial charge in [0, 0.05) is 0 Å². The molecule has 34 aromatic rings. The van der Waals surface area contributed by atoms with Gasteiger partial charge in [0.25, 0.3) is 0 Å². The number of rotatable bonds is 7. The zero-order valence-corrected chi connectivity index (χ0v) is 75.6. The lowest BCUT2D eigenvalue weighted by Crippen LogP contribution is -1.90. The van der Waals surface area contributed by atoms with Crippen LogP contribution in [0.5, 0.6) is 0 Å². The number of aryl methyl sites for hydroxylation is 1. The van der Waals surface area contributed by atoms with Crippen molar-refractivity contribution in [3.63, 3.8) is 0 Å². The van der Waals surface area contributed by atoms with Crippen molar-refractivity contribution in [2.45, 2.75) is 26.7 Å². The fraction of sp³-hybridized carbons (Fsp3) is 0.0333. The van der Waals surface area contributed by atoms with Crippen LogP contribution in [0.15, 0.2) is 400 Å². The molecular formula is C120H76N20. The van der Waals surface area contributed by atoms with Crippen LogP contribution < -0.4 is 0 Å². The van der Waals surface area contributed by atoms with Gasteiger partial charge in [0.2, 0.25) is 46.2 Å². The van der Waals surface area contributed by atoms with E-state index in [1.54, 1.807) is 0 Å². The smallest absolute Gasteiger partial charge is 0.223 e. The highest BCUT2D eigenvalue weighted by molar-refractivity contribution is 6.12. The Hall–Kier alpha value is -19.1. The molecule has 0 bridgehead atoms. The fourth-order valence-corrected chi connectivity index (χ4v) is 22.6. The Labute approximate surface area is 793 Å². The molecule has 0 saturated heterocycles. The highest BCUT2D eigenvalue weighted by Gasteiger charge is 2.31. The molecule has 0 spiro atoms. The Balaban J connectivity index is 0.0000000862. The van der Waals surface area contributed by atoms with Crippen LogP contribution in [-0.2, 0) is 0 Å². The summed E-state index contributed by atoms with van der Waals surface area (Å²) in [6.07, 6.45) is 0. The van der Waals surface area contributed by atoms with Gasteiger partial charge in [-0.1, -0.05) is 268 Å². The van der Waals surface area contributed by atoms with Crippen molar-refractivity contribution in [1.82, 2.24) is 92.7 Å². The van der Waals surface area contributed by atoms with Gasteiger partial charge in [-0.3, -0.25) is 35.2 Å². The van der Waals surface area contributed by atoms with Crippen molar-refractivity contribution in [2.24, 2.45) is 0 Å². The quantitative estimate of drug-likeness (QED) is 0.153. The minimum atomic E-state index is 0.514. The van der Waals surface area contributed by atoms with Crippen molar-refractivity contribution in [3.8, 4) is 66.8 Å². The van der Waals surface area contributed by atoms with Crippen LogP contribution in [0.3, 0.4) is 0 Å². The first kappa shape index (κ1) is 76.3. The molecule has 0 fully saturated rings. The van der Waals surface area contributed by atoms with Crippen LogP contribution in [0.4, 0.5) is 0 Å². The summed E-state index contributed by atoms with van der Waals surface area (Å²) >= 11 is 0. The van der Waals surface area contributed by atoms with E-state index in [2.05, 4.69) is 425 Å². The van der Waals surface area contributed by atoms with Crippen LogP contribution in [0, 0.1) is 6.92 Å². The molecule has 0 saturated carbocycles. The van der Waals surface area contributed by atoms with E-state index in [-0.39, 0.29) is 0 Å². The van der Waals surface area contributed by atoms with Crippen molar-refractivity contribution in [3.05, 3.63) is 412 Å². The molecule has 140 heavy (non-hydrogen) atoms. The van der Waals surface area contributed by atoms with E-state index >= 15 is 0 Å². The summed E-state index contributed by atoms with van der Waals surface area (Å²) in [6, 6.07) is 141. The van der Waals surface area contributed by atoms with Gasteiger partial charge in [-0.05, 0) is 237 Å². The van der Waals surface area contributed by atoms with Gasteiger partial charge < -0.3 is 0 Å². The summed E-state index contributed by atoms with van der Waals surface area (Å²) in [5.74, 6) is 7.68. The Bertz CT molecular complexity index is 10600. The van der Waals surface area contributed by atoms with E-state index in [1.807, 2.05) is 48.5 Å². The first-order valence-corrected chi connectivity index (χ1v) is 47.4. The standard InChI is InChI=1S/2C32H19N5.C29H21N5.C27H17N5/c1-2-9-20(10-3-1)21-11-8-12-22(17-21)23-18-28-30-29(19-23)36-27-16-7-5-14-25(27)34-32(36)37(30)31-33-24-13-4-6-15-26(24)35(28)31;1-2-10-20(11-3-1)22-12-4-5-13-23(22)21-18-28-30-29(19-21)36-27-17-9-7-15-25(27)34-32(36)37(30)31-33-24-14-6-8-16-26(24)35(28)31;1-17(2)18-11-13-19(14-12-18)20-15-25-27-26(16-20)33-24-10-6-4-8-22(24)31-29(33)34(27)28-30-21-7-3-5-9-23(21)32(25)28;1-16-10-12-17(13-11-16)18-14-23-25-24(15-18)31-22-9-5-3-7-20(22)29-27(31)32(25)26-28-19-6-2-4-8-21(19)30(23)26/h2*1-19H;3-17H,1-2H3;2-15H,1H3. The number of nitrogens with zero attached hydrogens (tertiary/aromatic N) is 20. The number of hydrogen-bond donors (Lipinski definition) is 0. The maximum atomic E-state index is 5.07. The van der Waals surface area contributed by atoms with E-state index in [0.717, 1.165) is 201 Å². The maximum absolute atomic E-state index is 5.07. The number of para-hydroxylation sites is 16. The minimum Gasteiger partial charge on any atom is -0.276 e. The van der Waals surface area contributed by atoms with E-state index in [4.69, 9.17) is 39.9 Å². The molecule has 0 N–H and O–H groups in total. The number of fused-ring (bicyclic) bond motifs is 40. The van der Waals surface area contributed by atoms with Crippen molar-refractivity contribution in [2.75, 3.05) is 0 Å². The van der Waals surface area contributed by atoms with Crippen LogP contribution in [-0.4, -0.2) is 92.7 Å². The molecule has 20 nitrogen and oxygen atoms in total. The van der Waals surface area contributed by atoms with E-state index in [1.165, 1.54) is 77.9 Å². The lowest BCUT2D eigenvalue weighted by Gasteiger charge is -2.11. The average Bonchev–Trinajstić information content (AvgIpc) is 1.53. The summed E-state index contributed by atoms with van der Waals surface area (Å²) in [5.41, 5.74) is 47.5. The minimum absolute atomic E-state index is 0.514. The maximum Gasteiger partial charge on any atom is 0.223 e. The molecular weight excluding hydrogens is 1720 g/mol. The average molecular weight is 1800 g/mol. The second-order valence-electron chi connectivity index (χ2n) is 37.2. The lowest BCUT2D eigenvalue weighted by atomic mass is 9.94. The molecule has 0 aliphatic rings. The molecule has 16 aromatic heterocycles. The topological polar surface area (TPSA) is 156 Å². The van der Waals surface area contributed by atoms with Gasteiger partial charge in [-0.2, -0.15) is 0 Å². The lowest BCUT2D eigenvalue weighted by molar-refractivity contribution is 0.867. The van der Waals surface area contributed by atoms with E-state index in [0.29, 0.717) is 5.92 Å². The third-order valence-corrected chi connectivity index (χ3v) is 29.0. The predicted octanol–water partition coefficient (Wildman–Crippen LogP) is 28.0. The second kappa shape index (κ2) is 28.5. The van der Waals surface area contributed by atoms with Gasteiger partial charge in [0.1, 0.15) is 22.1 Å². The van der Waals surface area contributed by atoms with Gasteiger partial charge >= 0.3 is 0 Å². The Kier molecular flexibility index (Phi) is 15.5. The monoisotopic (exact) mass is 1800 g/mol. The van der Waals surface area contributed by atoms with Crippen molar-refractivity contribution >= 4 is 201 Å². The largest absolute Gasteiger partial charge is 0.276 e. The van der Waals surface area contributed by atoms with Crippen LogP contribution in [0.2, 0.25) is 0 Å². The molecule has 34 rings (SSSR count). The number of imidazole rings is 16. The molecule has 16 heterocycles. The molecule has 0 unspecified atom stereocenters. The SMILES string of the molecule is CC(C)c1ccc(-c2cc3c4c(c2)n2c5ccccc5nc2n4c2nc4ccccc4n32)cc1.Cc1ccc(-c2cc3c4c(c2)n2c5ccccc5nc2n4c2nc4ccccc4n32)cc1.c1ccc(-c2cccc(-c3cc4c5c(c3)n3c6ccccc6nc3n5c3nc5ccccc5n43)c2)cc1.c1ccc(-c2ccccc2-c2cc3c4c(c2)n2c5ccccc5nc2n4c2nc4ccccc4n32)cc1. The van der Waals surface area contributed by atoms with Gasteiger partial charge in [0.05, 0.1) is 132 Å². The Morgan fingerprint density at radius 1 is 0.157 bits per heavy atom. The zero-order chi connectivity index (χ0) is 91.7. The molecule has 20 heteroatoms. The third kappa shape index (κ3) is 10.7. The molecule has 0 amide bonds. The first-order chi connectivity index (χ1) is 69.2. The predicted molar refractivity (Wildman–Crippen MR) is 566 cm³/mol. The summed E-state index contributed by atoms with van der Waals surface area (Å²) in [6.45, 7) is 6.59. The molecule has 0 radical (unpaired) electrons. The normalized spacial score (nSPS) is 12.5. The summed E-state index contributed by atoms with van der Waals surface area (Å²) < 4.78 is 27.1. The Morgan fingerprint density at radius 3 is 0.643 bits per heavy atom. The summed E-state index contributed by atoms with van der Waals surface area (Å²) in [7, 11) is 0. The van der Waals surface area contributed by atoms with Crippen molar-refractivity contribution < 1.29 is 0 Å². The molecule has 0 atom stereocenters. The van der Waals surface area contributed by atoms with E-state index in [9.17, 15) is 0 Å². The van der Waals surface area contributed by atoms with Crippen LogP contribution in [0.25, 0.3) is 267 Å². The molecule has 0 aliphatic carbocycles. The summed E-state index contributed by atoms with van der Waals surface area (Å²) in [5, 5.41) is 0. The molecule has 0 aliphatic heterocycles. The van der Waals surface area contributed by atoms with Crippen LogP contribution in [0.1, 0.15) is 30.9 Å². The summed E-state index contributed by atoms with van der Waals surface area (Å²) in [4.78, 5) is 40.3. The van der Waals surface area contributed by atoms with Gasteiger partial charge in [-0.25, -0.2) is 57.5 Å².